The SMILES string of the molecule is CCOc1ccc(C)c(O)c1.COc1ccc(C)cc1.Cc1cc[nH]c1.Cc1ccc(Cl)cc1.Cc1ccc(Cl)cc1O.Cc1ccc(OC(C)C)cc1O.Cc1ccc(OCc2ccccc2)cc1O.Cc1ccc[nH]1.Cc1cccc(Cl)c1O.Cc1ccn(C)c1. The van der Waals surface area contributed by atoms with Gasteiger partial charge in [-0.1, -0.05) is 137 Å². The lowest BCUT2D eigenvalue weighted by molar-refractivity contribution is 0.241. The van der Waals surface area contributed by atoms with Gasteiger partial charge in [-0.3, -0.25) is 0 Å². The van der Waals surface area contributed by atoms with Gasteiger partial charge in [0.05, 0.1) is 24.8 Å². The molecule has 0 fully saturated rings. The average molecular weight is 1320 g/mol. The first-order valence-electron chi connectivity index (χ1n) is 30.0. The number of phenolic OH excluding ortho intramolecular Hbond substituents is 5. The van der Waals surface area contributed by atoms with Gasteiger partial charge in [-0.2, -0.15) is 0 Å². The number of aromatic hydroxyl groups is 5. The van der Waals surface area contributed by atoms with E-state index in [9.17, 15) is 15.3 Å². The van der Waals surface area contributed by atoms with Crippen molar-refractivity contribution in [3.63, 3.8) is 0 Å². The fourth-order valence-electron chi connectivity index (χ4n) is 7.08. The topological polar surface area (TPSA) is 175 Å². The number of hydrogen-bond donors (Lipinski definition) is 7. The number of nitrogens with one attached hydrogen (secondary N) is 2. The Bertz CT molecular complexity index is 3650. The number of ether oxygens (including phenoxy) is 4. The molecular formula is C78H94Cl3N3O9. The van der Waals surface area contributed by atoms with Crippen molar-refractivity contribution in [3.8, 4) is 51.7 Å². The fraction of sp³-hybridized carbons (Fsp3) is 0.231. The van der Waals surface area contributed by atoms with Gasteiger partial charge in [-0.15, -0.1) is 0 Å². The zero-order valence-electron chi connectivity index (χ0n) is 56.3. The molecule has 0 aliphatic heterocycles. The second kappa shape index (κ2) is 45.0. The Labute approximate surface area is 567 Å². The van der Waals surface area contributed by atoms with E-state index in [1.54, 1.807) is 62.6 Å². The van der Waals surface area contributed by atoms with Gasteiger partial charge in [-0.05, 0) is 219 Å². The van der Waals surface area contributed by atoms with Crippen LogP contribution in [0, 0.1) is 69.2 Å². The summed E-state index contributed by atoms with van der Waals surface area (Å²) in [5.41, 5.74) is 11.7. The predicted octanol–water partition coefficient (Wildman–Crippen LogP) is 21.2. The van der Waals surface area contributed by atoms with E-state index in [-0.39, 0.29) is 34.9 Å². The normalized spacial score (nSPS) is 9.58. The third-order valence-corrected chi connectivity index (χ3v) is 13.4. The molecule has 8 aromatic carbocycles. The largest absolute Gasteiger partial charge is 0.508 e. The number of nitrogens with zero attached hydrogens (tertiary/aromatic N) is 1. The van der Waals surface area contributed by atoms with Crippen molar-refractivity contribution in [2.24, 2.45) is 7.05 Å². The number of rotatable bonds is 8. The molecule has 0 saturated carbocycles. The van der Waals surface area contributed by atoms with Gasteiger partial charge in [-0.25, -0.2) is 0 Å². The van der Waals surface area contributed by atoms with E-state index in [2.05, 4.69) is 43.0 Å². The highest BCUT2D eigenvalue weighted by Gasteiger charge is 2.03. The maximum atomic E-state index is 9.52. The van der Waals surface area contributed by atoms with Crippen LogP contribution in [-0.2, 0) is 13.7 Å². The van der Waals surface area contributed by atoms with Crippen LogP contribution in [0.3, 0.4) is 0 Å². The Morgan fingerprint density at radius 3 is 1.30 bits per heavy atom. The Balaban J connectivity index is 0.000000357. The summed E-state index contributed by atoms with van der Waals surface area (Å²) < 4.78 is 23.1. The Morgan fingerprint density at radius 1 is 0.452 bits per heavy atom. The average Bonchev–Trinajstić information content (AvgIpc) is 4.41. The third-order valence-electron chi connectivity index (χ3n) is 12.6. The maximum Gasteiger partial charge on any atom is 0.137 e. The minimum Gasteiger partial charge on any atom is -0.508 e. The summed E-state index contributed by atoms with van der Waals surface area (Å²) in [5, 5.41) is 48.0. The standard InChI is InChI=1S/C14H14O2.C10H14O2.C9H12O2.C8H10O.2C7H7ClO.C7H7Cl.C6H9N.2C5H7N/c1-11-7-8-13(9-14(11)15)16-10-12-5-3-2-4-6-12;1-7(2)12-9-5-4-8(3)10(11)6-9;1-3-11-8-5-4-7(2)9(10)6-8;1-7-3-5-8(9-2)6-4-7;1-5-2-3-6(8)4-7(5)9;1-5-3-2-4-6(8)7(5)9;1-6-2-4-7(8)5-3-6;1-6-3-4-7(2)5-6;1-5-2-3-6-4-5;1-5-3-2-4-6-5/h2-9,15H,10H2,1H3;4-7,11H,1-3H3;4-6,10H,3H2,1-2H3;3-6H,1-2H3;2*2-4,9H,1H3;2-5H,1H3;3-5H,1-2H3;2*2-4,6H,1H3. The molecule has 12 nitrogen and oxygen atoms in total. The van der Waals surface area contributed by atoms with E-state index in [1.165, 1.54) is 34.0 Å². The fourth-order valence-corrected chi connectivity index (χ4v) is 7.60. The molecule has 11 aromatic rings. The van der Waals surface area contributed by atoms with Crippen molar-refractivity contribution in [2.45, 2.75) is 103 Å². The Morgan fingerprint density at radius 2 is 0.946 bits per heavy atom. The van der Waals surface area contributed by atoms with Crippen molar-refractivity contribution >= 4 is 34.8 Å². The number of aromatic amines is 2. The first-order chi connectivity index (χ1) is 44.2. The number of halogens is 3. The number of H-pyrrole nitrogens is 2. The van der Waals surface area contributed by atoms with Crippen LogP contribution in [0.2, 0.25) is 15.1 Å². The van der Waals surface area contributed by atoms with Crippen LogP contribution >= 0.6 is 34.8 Å². The molecule has 0 aliphatic rings. The van der Waals surface area contributed by atoms with Gasteiger partial charge in [0.2, 0.25) is 0 Å². The lowest BCUT2D eigenvalue weighted by atomic mass is 10.2. The summed E-state index contributed by atoms with van der Waals surface area (Å²) in [5.74, 6) is 4.31. The van der Waals surface area contributed by atoms with Crippen molar-refractivity contribution in [1.29, 1.82) is 0 Å². The molecule has 11 rings (SSSR count). The van der Waals surface area contributed by atoms with Crippen LogP contribution in [0.1, 0.15) is 82.1 Å². The molecule has 15 heteroatoms. The predicted molar refractivity (Wildman–Crippen MR) is 387 cm³/mol. The summed E-state index contributed by atoms with van der Waals surface area (Å²) in [7, 11) is 3.69. The van der Waals surface area contributed by atoms with E-state index < -0.39 is 0 Å². The summed E-state index contributed by atoms with van der Waals surface area (Å²) in [4.78, 5) is 5.93. The smallest absolute Gasteiger partial charge is 0.137 e. The van der Waals surface area contributed by atoms with E-state index in [1.807, 2.05) is 232 Å². The number of hydrogen-bond acceptors (Lipinski definition) is 9. The van der Waals surface area contributed by atoms with Gasteiger partial charge in [0.15, 0.2) is 0 Å². The van der Waals surface area contributed by atoms with Gasteiger partial charge in [0.25, 0.3) is 0 Å². The number of methoxy groups -OCH3 is 1. The lowest BCUT2D eigenvalue weighted by Gasteiger charge is -2.10. The molecule has 0 bridgehead atoms. The molecule has 496 valence electrons. The van der Waals surface area contributed by atoms with Crippen molar-refractivity contribution in [2.75, 3.05) is 13.7 Å². The Hall–Kier alpha value is -9.33. The van der Waals surface area contributed by atoms with Gasteiger partial charge < -0.3 is 59.0 Å². The van der Waals surface area contributed by atoms with E-state index >= 15 is 0 Å². The monoisotopic (exact) mass is 1320 g/mol. The lowest BCUT2D eigenvalue weighted by Crippen LogP contribution is -2.05. The molecule has 0 amide bonds. The number of aryl methyl sites for hydroxylation is 11. The summed E-state index contributed by atoms with van der Waals surface area (Å²) in [6.07, 6.45) is 10.0. The highest BCUT2D eigenvalue weighted by atomic mass is 35.5. The number of para-hydroxylation sites is 1. The first-order valence-corrected chi connectivity index (χ1v) is 31.2. The molecule has 0 unspecified atom stereocenters. The van der Waals surface area contributed by atoms with Crippen LogP contribution < -0.4 is 18.9 Å². The third kappa shape index (κ3) is 36.3. The van der Waals surface area contributed by atoms with Gasteiger partial charge >= 0.3 is 0 Å². The van der Waals surface area contributed by atoms with Gasteiger partial charge in [0, 0.05) is 72.0 Å². The minimum atomic E-state index is 0.145. The molecule has 93 heavy (non-hydrogen) atoms. The Kier molecular flexibility index (Phi) is 38.6. The molecule has 0 saturated heterocycles. The summed E-state index contributed by atoms with van der Waals surface area (Å²) in [6, 6.07) is 60.1. The number of benzene rings is 8. The van der Waals surface area contributed by atoms with Crippen molar-refractivity contribution < 1.29 is 44.5 Å². The molecule has 0 radical (unpaired) electrons. The van der Waals surface area contributed by atoms with E-state index in [0.717, 1.165) is 49.9 Å². The minimum absolute atomic E-state index is 0.145. The van der Waals surface area contributed by atoms with Crippen LogP contribution in [0.15, 0.2) is 225 Å². The molecule has 3 aromatic heterocycles. The molecule has 0 aliphatic carbocycles. The highest BCUT2D eigenvalue weighted by molar-refractivity contribution is 6.32. The molecule has 3 heterocycles. The molecule has 0 atom stereocenters. The van der Waals surface area contributed by atoms with Crippen molar-refractivity contribution in [3.05, 3.63) is 302 Å². The van der Waals surface area contributed by atoms with Crippen LogP contribution in [-0.4, -0.2) is 59.9 Å². The second-order valence-corrected chi connectivity index (χ2v) is 22.7. The molecular weight excluding hydrogens is 1230 g/mol. The van der Waals surface area contributed by atoms with E-state index in [4.69, 9.17) is 64.0 Å². The summed E-state index contributed by atoms with van der Waals surface area (Å²) >= 11 is 16.7. The first kappa shape index (κ1) is 79.8. The zero-order chi connectivity index (χ0) is 69.3. The number of phenols is 5. The van der Waals surface area contributed by atoms with Crippen LogP contribution in [0.25, 0.3) is 0 Å². The van der Waals surface area contributed by atoms with E-state index in [0.29, 0.717) is 34.8 Å². The quantitative estimate of drug-likeness (QED) is 0.0781. The highest BCUT2D eigenvalue weighted by Crippen LogP contribution is 2.27. The van der Waals surface area contributed by atoms with Crippen LogP contribution in [0.4, 0.5) is 0 Å². The second-order valence-electron chi connectivity index (χ2n) is 21.5. The zero-order valence-corrected chi connectivity index (χ0v) is 58.6. The maximum absolute atomic E-state index is 9.52. The van der Waals surface area contributed by atoms with Crippen LogP contribution in [0.5, 0.6) is 51.7 Å². The number of aromatic nitrogens is 3. The molecule has 0 spiro atoms. The van der Waals surface area contributed by atoms with Crippen molar-refractivity contribution in [1.82, 2.24) is 14.5 Å². The van der Waals surface area contributed by atoms with Gasteiger partial charge in [0.1, 0.15) is 58.4 Å². The molecule has 7 N–H and O–H groups in total. The summed E-state index contributed by atoms with van der Waals surface area (Å²) in [6.45, 7) is 26.4.